The molecule has 0 saturated carbocycles. The second kappa shape index (κ2) is 9.91. The predicted octanol–water partition coefficient (Wildman–Crippen LogP) is 0.500. The maximum atomic E-state index is 13.0. The summed E-state index contributed by atoms with van der Waals surface area (Å²) < 4.78 is 53.9. The van der Waals surface area contributed by atoms with Gasteiger partial charge in [0.1, 0.15) is 4.90 Å². The molecule has 1 aliphatic rings. The third-order valence-electron chi connectivity index (χ3n) is 5.17. The van der Waals surface area contributed by atoms with E-state index in [2.05, 4.69) is 9.71 Å². The van der Waals surface area contributed by atoms with Crippen LogP contribution in [0.1, 0.15) is 12.0 Å². The summed E-state index contributed by atoms with van der Waals surface area (Å²) in [5.41, 5.74) is 0.0710. The first-order valence-electron chi connectivity index (χ1n) is 9.95. The molecule has 1 aromatic heterocycles. The van der Waals surface area contributed by atoms with Gasteiger partial charge in [0.2, 0.25) is 26.0 Å². The summed E-state index contributed by atoms with van der Waals surface area (Å²) in [6.45, 7) is 1.75. The van der Waals surface area contributed by atoms with Gasteiger partial charge in [-0.3, -0.25) is 19.9 Å². The number of non-ortho nitro benzene ring substituents is 1. The SMILES string of the molecule is Cc1ccc([N+](=O)[O-])cc1S(=O)(=O)N1CCN(C(=O)CCNS(=O)(=O)c2cccnc2)CC1. The Hall–Kier alpha value is -2.94. The maximum absolute atomic E-state index is 13.0. The van der Waals surface area contributed by atoms with Gasteiger partial charge in [0.05, 0.1) is 9.82 Å². The molecule has 0 atom stereocenters. The zero-order valence-corrected chi connectivity index (χ0v) is 19.4. The Kier molecular flexibility index (Phi) is 7.41. The van der Waals surface area contributed by atoms with Crippen molar-refractivity contribution in [1.82, 2.24) is 18.9 Å². The van der Waals surface area contributed by atoms with Crippen molar-refractivity contribution >= 4 is 31.6 Å². The number of nitro groups is 1. The lowest BCUT2D eigenvalue weighted by atomic mass is 10.2. The Labute approximate surface area is 191 Å². The van der Waals surface area contributed by atoms with Crippen LogP contribution < -0.4 is 4.72 Å². The number of sulfonamides is 2. The van der Waals surface area contributed by atoms with E-state index in [-0.39, 0.29) is 60.5 Å². The van der Waals surface area contributed by atoms with Crippen molar-refractivity contribution in [3.63, 3.8) is 0 Å². The Morgan fingerprint density at radius 1 is 1.15 bits per heavy atom. The van der Waals surface area contributed by atoms with Crippen LogP contribution in [0, 0.1) is 17.0 Å². The number of benzene rings is 1. The number of pyridine rings is 1. The molecule has 33 heavy (non-hydrogen) atoms. The first-order chi connectivity index (χ1) is 15.5. The summed E-state index contributed by atoms with van der Waals surface area (Å²) in [7, 11) is -7.75. The molecule has 178 valence electrons. The highest BCUT2D eigenvalue weighted by Crippen LogP contribution is 2.25. The van der Waals surface area contributed by atoms with Crippen molar-refractivity contribution in [1.29, 1.82) is 0 Å². The van der Waals surface area contributed by atoms with Gasteiger partial charge in [-0.2, -0.15) is 4.31 Å². The Balaban J connectivity index is 1.57. The minimum atomic E-state index is -3.97. The number of nitro benzene ring substituents is 1. The smallest absolute Gasteiger partial charge is 0.270 e. The quantitative estimate of drug-likeness (QED) is 0.407. The van der Waals surface area contributed by atoms with Gasteiger partial charge in [-0.15, -0.1) is 0 Å². The van der Waals surface area contributed by atoms with Gasteiger partial charge < -0.3 is 4.90 Å². The molecule has 2 aromatic rings. The number of nitrogens with zero attached hydrogens (tertiary/aromatic N) is 4. The molecule has 0 unspecified atom stereocenters. The summed E-state index contributed by atoms with van der Waals surface area (Å²) in [4.78, 5) is 27.9. The highest BCUT2D eigenvalue weighted by atomic mass is 32.2. The number of carbonyl (C=O) groups is 1. The summed E-state index contributed by atoms with van der Waals surface area (Å²) in [5, 5.41) is 11.0. The van der Waals surface area contributed by atoms with Crippen LogP contribution in [-0.4, -0.2) is 74.6 Å². The summed E-state index contributed by atoms with van der Waals surface area (Å²) in [6, 6.07) is 6.55. The highest BCUT2D eigenvalue weighted by Gasteiger charge is 2.32. The third kappa shape index (κ3) is 5.71. The third-order valence-corrected chi connectivity index (χ3v) is 8.65. The van der Waals surface area contributed by atoms with Crippen LogP contribution in [0.2, 0.25) is 0 Å². The standard InChI is InChI=1S/C19H23N5O7S2/c1-15-4-5-16(24(26)27)13-18(15)33(30,31)23-11-9-22(10-12-23)19(25)6-8-21-32(28,29)17-3-2-7-20-14-17/h2-5,7,13-14,21H,6,8-12H2,1H3. The Morgan fingerprint density at radius 3 is 2.45 bits per heavy atom. The van der Waals surface area contributed by atoms with E-state index in [1.807, 2.05) is 0 Å². The van der Waals surface area contributed by atoms with Gasteiger partial charge in [-0.25, -0.2) is 21.6 Å². The lowest BCUT2D eigenvalue weighted by Crippen LogP contribution is -2.51. The zero-order chi connectivity index (χ0) is 24.2. The van der Waals surface area contributed by atoms with Gasteiger partial charge >= 0.3 is 0 Å². The van der Waals surface area contributed by atoms with Gasteiger partial charge in [0.15, 0.2) is 0 Å². The van der Waals surface area contributed by atoms with E-state index in [0.717, 1.165) is 6.07 Å². The number of hydrogen-bond donors (Lipinski definition) is 1. The lowest BCUT2D eigenvalue weighted by Gasteiger charge is -2.34. The number of nitrogens with one attached hydrogen (secondary N) is 1. The average molecular weight is 498 g/mol. The topological polar surface area (TPSA) is 160 Å². The molecule has 0 aliphatic carbocycles. The first-order valence-corrected chi connectivity index (χ1v) is 12.9. The summed E-state index contributed by atoms with van der Waals surface area (Å²) in [6.07, 6.45) is 2.56. The lowest BCUT2D eigenvalue weighted by molar-refractivity contribution is -0.385. The fourth-order valence-corrected chi connectivity index (χ4v) is 6.00. The predicted molar refractivity (Wildman–Crippen MR) is 117 cm³/mol. The van der Waals surface area contributed by atoms with E-state index < -0.39 is 25.0 Å². The van der Waals surface area contributed by atoms with Crippen LogP contribution in [0.5, 0.6) is 0 Å². The van der Waals surface area contributed by atoms with Crippen LogP contribution in [0.4, 0.5) is 5.69 Å². The number of amides is 1. The van der Waals surface area contributed by atoms with E-state index in [1.165, 1.54) is 45.9 Å². The fraction of sp³-hybridized carbons (Fsp3) is 0.368. The fourth-order valence-electron chi connectivity index (χ4n) is 3.34. The number of piperazine rings is 1. The first kappa shape index (κ1) is 24.7. The van der Waals surface area contributed by atoms with Crippen molar-refractivity contribution in [3.8, 4) is 0 Å². The van der Waals surface area contributed by atoms with Crippen molar-refractivity contribution in [2.24, 2.45) is 0 Å². The van der Waals surface area contributed by atoms with Crippen LogP contribution in [-0.2, 0) is 24.8 Å². The number of aryl methyl sites for hydroxylation is 1. The molecule has 14 heteroatoms. The van der Waals surface area contributed by atoms with Gasteiger partial charge in [0, 0.05) is 63.7 Å². The van der Waals surface area contributed by atoms with Crippen molar-refractivity contribution in [2.45, 2.75) is 23.1 Å². The minimum absolute atomic E-state index is 0.00675. The van der Waals surface area contributed by atoms with Gasteiger partial charge in [-0.1, -0.05) is 6.07 Å². The molecule has 0 bridgehead atoms. The maximum Gasteiger partial charge on any atom is 0.270 e. The highest BCUT2D eigenvalue weighted by molar-refractivity contribution is 7.89. The molecule has 1 aromatic carbocycles. The van der Waals surface area contributed by atoms with E-state index in [4.69, 9.17) is 0 Å². The molecule has 1 amide bonds. The second-order valence-corrected chi connectivity index (χ2v) is 11.0. The van der Waals surface area contributed by atoms with Crippen molar-refractivity contribution in [2.75, 3.05) is 32.7 Å². The van der Waals surface area contributed by atoms with E-state index in [0.29, 0.717) is 5.56 Å². The van der Waals surface area contributed by atoms with Crippen LogP contribution in [0.25, 0.3) is 0 Å². The average Bonchev–Trinajstić information content (AvgIpc) is 2.79. The molecule has 0 spiro atoms. The van der Waals surface area contributed by atoms with E-state index in [9.17, 15) is 31.7 Å². The molecule has 1 N–H and O–H groups in total. The van der Waals surface area contributed by atoms with Crippen molar-refractivity contribution < 1.29 is 26.6 Å². The number of rotatable bonds is 8. The van der Waals surface area contributed by atoms with Crippen LogP contribution in [0.15, 0.2) is 52.5 Å². The van der Waals surface area contributed by atoms with Crippen molar-refractivity contribution in [3.05, 3.63) is 58.4 Å². The van der Waals surface area contributed by atoms with Crippen LogP contribution >= 0.6 is 0 Å². The van der Waals surface area contributed by atoms with Crippen LogP contribution in [0.3, 0.4) is 0 Å². The normalized spacial score (nSPS) is 15.4. The summed E-state index contributed by atoms with van der Waals surface area (Å²) in [5.74, 6) is -0.313. The summed E-state index contributed by atoms with van der Waals surface area (Å²) >= 11 is 0. The molecule has 3 rings (SSSR count). The van der Waals surface area contributed by atoms with E-state index in [1.54, 1.807) is 6.92 Å². The van der Waals surface area contributed by atoms with E-state index >= 15 is 0 Å². The molecule has 2 heterocycles. The Bertz CT molecular complexity index is 1240. The number of aromatic nitrogens is 1. The van der Waals surface area contributed by atoms with Gasteiger partial charge in [-0.05, 0) is 24.6 Å². The Morgan fingerprint density at radius 2 is 1.85 bits per heavy atom. The molecular formula is C19H23N5O7S2. The molecule has 12 nitrogen and oxygen atoms in total. The molecule has 1 saturated heterocycles. The minimum Gasteiger partial charge on any atom is -0.340 e. The molecular weight excluding hydrogens is 474 g/mol. The number of hydrogen-bond acceptors (Lipinski definition) is 8. The van der Waals surface area contributed by atoms with Gasteiger partial charge in [0.25, 0.3) is 5.69 Å². The molecule has 0 radical (unpaired) electrons. The number of carbonyl (C=O) groups excluding carboxylic acids is 1. The molecule has 1 fully saturated rings. The largest absolute Gasteiger partial charge is 0.340 e. The zero-order valence-electron chi connectivity index (χ0n) is 17.7. The molecule has 1 aliphatic heterocycles. The monoisotopic (exact) mass is 497 g/mol. The second-order valence-electron chi connectivity index (χ2n) is 7.33.